The van der Waals surface area contributed by atoms with Crippen molar-refractivity contribution in [1.82, 2.24) is 25.4 Å². The van der Waals surface area contributed by atoms with E-state index in [1.165, 1.54) is 0 Å². The van der Waals surface area contributed by atoms with E-state index in [1.807, 2.05) is 31.4 Å². The maximum Gasteiger partial charge on any atom is 0.314 e. The Labute approximate surface area is 135 Å². The molecule has 0 aliphatic carbocycles. The minimum absolute atomic E-state index is 0.00649. The molecular formula is C16H23N5O2. The fraction of sp³-hybridized carbons (Fsp3) is 0.438. The Bertz CT molecular complexity index is 600. The highest BCUT2D eigenvalue weighted by Crippen LogP contribution is 2.04. The van der Waals surface area contributed by atoms with Crippen molar-refractivity contribution in [3.05, 3.63) is 48.0 Å². The lowest BCUT2D eigenvalue weighted by atomic mass is 10.0. The van der Waals surface area contributed by atoms with E-state index in [2.05, 4.69) is 20.7 Å². The van der Waals surface area contributed by atoms with Crippen LogP contribution >= 0.6 is 0 Å². The number of aryl methyl sites for hydroxylation is 1. The third-order valence-corrected chi connectivity index (χ3v) is 3.49. The van der Waals surface area contributed by atoms with Crippen LogP contribution in [0.3, 0.4) is 0 Å². The smallest absolute Gasteiger partial charge is 0.314 e. The predicted molar refractivity (Wildman–Crippen MR) is 86.8 cm³/mol. The molecule has 0 fully saturated rings. The summed E-state index contributed by atoms with van der Waals surface area (Å²) in [5, 5.41) is 19.1. The van der Waals surface area contributed by atoms with Crippen LogP contribution < -0.4 is 10.6 Å². The number of carbonyl (C=O) groups excluding carboxylic acids is 1. The number of urea groups is 1. The Morgan fingerprint density at radius 3 is 2.91 bits per heavy atom. The second-order valence-electron chi connectivity index (χ2n) is 5.48. The van der Waals surface area contributed by atoms with Crippen molar-refractivity contribution in [1.29, 1.82) is 0 Å². The highest BCUT2D eigenvalue weighted by Gasteiger charge is 2.11. The summed E-state index contributed by atoms with van der Waals surface area (Å²) in [5.41, 5.74) is 1.99. The van der Waals surface area contributed by atoms with Crippen molar-refractivity contribution in [2.45, 2.75) is 12.8 Å². The molecule has 0 radical (unpaired) electrons. The second kappa shape index (κ2) is 8.89. The lowest BCUT2D eigenvalue weighted by Crippen LogP contribution is -2.40. The van der Waals surface area contributed by atoms with Gasteiger partial charge in [-0.3, -0.25) is 9.67 Å². The summed E-state index contributed by atoms with van der Waals surface area (Å²) in [6.07, 6.45) is 6.80. The zero-order valence-corrected chi connectivity index (χ0v) is 13.3. The predicted octanol–water partition coefficient (Wildman–Crippen LogP) is 0.508. The second-order valence-corrected chi connectivity index (χ2v) is 5.48. The van der Waals surface area contributed by atoms with Gasteiger partial charge in [-0.2, -0.15) is 5.10 Å². The molecule has 2 aromatic rings. The van der Waals surface area contributed by atoms with Gasteiger partial charge in [0, 0.05) is 50.7 Å². The molecule has 0 aliphatic rings. The first-order valence-electron chi connectivity index (χ1n) is 7.67. The van der Waals surface area contributed by atoms with E-state index in [-0.39, 0.29) is 18.6 Å². The van der Waals surface area contributed by atoms with Crippen LogP contribution in [0.5, 0.6) is 0 Å². The van der Waals surface area contributed by atoms with E-state index in [0.717, 1.165) is 17.7 Å². The Hall–Kier alpha value is -2.41. The monoisotopic (exact) mass is 317 g/mol. The van der Waals surface area contributed by atoms with Gasteiger partial charge in [0.15, 0.2) is 0 Å². The number of nitrogens with zero attached hydrogens (tertiary/aromatic N) is 3. The van der Waals surface area contributed by atoms with E-state index < -0.39 is 0 Å². The summed E-state index contributed by atoms with van der Waals surface area (Å²) < 4.78 is 1.73. The Balaban J connectivity index is 1.66. The quantitative estimate of drug-likeness (QED) is 0.661. The topological polar surface area (TPSA) is 92.1 Å². The number of aliphatic hydroxyl groups is 1. The average Bonchev–Trinajstić information content (AvgIpc) is 2.97. The first-order chi connectivity index (χ1) is 11.2. The van der Waals surface area contributed by atoms with Crippen LogP contribution in [0.2, 0.25) is 0 Å². The molecule has 1 atom stereocenters. The normalized spacial score (nSPS) is 11.9. The Morgan fingerprint density at radius 1 is 1.39 bits per heavy atom. The summed E-state index contributed by atoms with van der Waals surface area (Å²) in [5.74, 6) is -0.0472. The first kappa shape index (κ1) is 17.0. The van der Waals surface area contributed by atoms with Crippen LogP contribution in [0.25, 0.3) is 0 Å². The maximum absolute atomic E-state index is 11.8. The van der Waals surface area contributed by atoms with Gasteiger partial charge in [-0.05, 0) is 30.5 Å². The molecule has 1 unspecified atom stereocenters. The van der Waals surface area contributed by atoms with Gasteiger partial charge >= 0.3 is 6.03 Å². The van der Waals surface area contributed by atoms with Crippen molar-refractivity contribution < 1.29 is 9.90 Å². The molecular weight excluding hydrogens is 294 g/mol. The van der Waals surface area contributed by atoms with Crippen molar-refractivity contribution in [2.75, 3.05) is 19.7 Å². The molecule has 23 heavy (non-hydrogen) atoms. The van der Waals surface area contributed by atoms with E-state index in [1.54, 1.807) is 17.1 Å². The van der Waals surface area contributed by atoms with E-state index in [4.69, 9.17) is 0 Å². The van der Waals surface area contributed by atoms with Gasteiger partial charge in [-0.15, -0.1) is 0 Å². The van der Waals surface area contributed by atoms with Gasteiger partial charge in [-0.1, -0.05) is 6.07 Å². The summed E-state index contributed by atoms with van der Waals surface area (Å²) >= 11 is 0. The van der Waals surface area contributed by atoms with E-state index >= 15 is 0 Å². The highest BCUT2D eigenvalue weighted by molar-refractivity contribution is 5.73. The molecule has 7 heteroatoms. The van der Waals surface area contributed by atoms with E-state index in [9.17, 15) is 9.90 Å². The summed E-state index contributed by atoms with van der Waals surface area (Å²) in [6.45, 7) is 0.958. The van der Waals surface area contributed by atoms with E-state index in [0.29, 0.717) is 19.5 Å². The SMILES string of the molecule is Cn1cc(CCNC(=O)NCC(CO)Cc2ccccn2)cn1. The van der Waals surface area contributed by atoms with Gasteiger partial charge in [-0.25, -0.2) is 4.79 Å². The highest BCUT2D eigenvalue weighted by atomic mass is 16.3. The summed E-state index contributed by atoms with van der Waals surface area (Å²) in [7, 11) is 1.86. The molecule has 2 rings (SSSR count). The molecule has 0 saturated carbocycles. The molecule has 0 saturated heterocycles. The fourth-order valence-electron chi connectivity index (χ4n) is 2.24. The largest absolute Gasteiger partial charge is 0.396 e. The molecule has 7 nitrogen and oxygen atoms in total. The zero-order chi connectivity index (χ0) is 16.5. The van der Waals surface area contributed by atoms with Crippen LogP contribution in [0.15, 0.2) is 36.8 Å². The van der Waals surface area contributed by atoms with Crippen LogP contribution in [-0.2, 0) is 19.9 Å². The number of rotatable bonds is 8. The van der Waals surface area contributed by atoms with Crippen LogP contribution in [0.4, 0.5) is 4.79 Å². The van der Waals surface area contributed by atoms with Crippen LogP contribution in [0.1, 0.15) is 11.3 Å². The van der Waals surface area contributed by atoms with Gasteiger partial charge in [0.25, 0.3) is 0 Å². The molecule has 124 valence electrons. The minimum Gasteiger partial charge on any atom is -0.396 e. The van der Waals surface area contributed by atoms with Crippen molar-refractivity contribution in [2.24, 2.45) is 13.0 Å². The number of carbonyl (C=O) groups is 1. The number of pyridine rings is 1. The fourth-order valence-corrected chi connectivity index (χ4v) is 2.24. The number of aliphatic hydroxyl groups excluding tert-OH is 1. The van der Waals surface area contributed by atoms with Crippen LogP contribution in [-0.4, -0.2) is 45.6 Å². The summed E-state index contributed by atoms with van der Waals surface area (Å²) in [6, 6.07) is 5.45. The van der Waals surface area contributed by atoms with Crippen molar-refractivity contribution in [3.63, 3.8) is 0 Å². The number of hydrogen-bond donors (Lipinski definition) is 3. The number of amides is 2. The van der Waals surface area contributed by atoms with Gasteiger partial charge in [0.1, 0.15) is 0 Å². The maximum atomic E-state index is 11.8. The van der Waals surface area contributed by atoms with Gasteiger partial charge in [0.2, 0.25) is 0 Å². The molecule has 3 N–H and O–H groups in total. The third-order valence-electron chi connectivity index (χ3n) is 3.49. The molecule has 0 aliphatic heterocycles. The molecule has 2 heterocycles. The van der Waals surface area contributed by atoms with Gasteiger partial charge < -0.3 is 15.7 Å². The van der Waals surface area contributed by atoms with Gasteiger partial charge in [0.05, 0.1) is 6.20 Å². The molecule has 0 bridgehead atoms. The molecule has 2 aromatic heterocycles. The molecule has 2 amide bonds. The number of hydrogen-bond acceptors (Lipinski definition) is 4. The third kappa shape index (κ3) is 6.07. The first-order valence-corrected chi connectivity index (χ1v) is 7.67. The molecule has 0 aromatic carbocycles. The zero-order valence-electron chi connectivity index (χ0n) is 13.3. The summed E-state index contributed by atoms with van der Waals surface area (Å²) in [4.78, 5) is 16.0. The average molecular weight is 317 g/mol. The van der Waals surface area contributed by atoms with Crippen molar-refractivity contribution >= 4 is 6.03 Å². The molecule has 0 spiro atoms. The Kier molecular flexibility index (Phi) is 6.56. The van der Waals surface area contributed by atoms with Crippen molar-refractivity contribution in [3.8, 4) is 0 Å². The number of aromatic nitrogens is 3. The lowest BCUT2D eigenvalue weighted by molar-refractivity contribution is 0.213. The lowest BCUT2D eigenvalue weighted by Gasteiger charge is -2.15. The number of nitrogens with one attached hydrogen (secondary N) is 2. The minimum atomic E-state index is -0.228. The standard InChI is InChI=1S/C16H23N5O2/c1-21-11-13(10-20-21)5-7-18-16(23)19-9-14(12-22)8-15-4-2-3-6-17-15/h2-4,6,10-11,14,22H,5,7-9,12H2,1H3,(H2,18,19,23). The van der Waals surface area contributed by atoms with Crippen LogP contribution in [0, 0.1) is 5.92 Å². The Morgan fingerprint density at radius 2 is 2.26 bits per heavy atom.